The molecule has 4 heteroatoms. The zero-order chi connectivity index (χ0) is 14.8. The molecule has 0 bridgehead atoms. The summed E-state index contributed by atoms with van der Waals surface area (Å²) in [6.07, 6.45) is 1.99. The molecule has 0 spiro atoms. The van der Waals surface area contributed by atoms with Crippen molar-refractivity contribution in [3.8, 4) is 0 Å². The summed E-state index contributed by atoms with van der Waals surface area (Å²) in [6, 6.07) is 15.6. The van der Waals surface area contributed by atoms with Crippen molar-refractivity contribution in [2.45, 2.75) is 18.9 Å². The van der Waals surface area contributed by atoms with Crippen LogP contribution in [0, 0.1) is 3.57 Å². The Balaban J connectivity index is 1.89. The van der Waals surface area contributed by atoms with Gasteiger partial charge in [0.1, 0.15) is 0 Å². The molecule has 2 nitrogen and oxygen atoms in total. The summed E-state index contributed by atoms with van der Waals surface area (Å²) < 4.78 is 1.13. The van der Waals surface area contributed by atoms with E-state index in [2.05, 4.69) is 22.6 Å². The van der Waals surface area contributed by atoms with Gasteiger partial charge in [-0.3, -0.25) is 4.79 Å². The van der Waals surface area contributed by atoms with Crippen molar-refractivity contribution in [1.29, 1.82) is 0 Å². The molecule has 1 unspecified atom stereocenters. The lowest BCUT2D eigenvalue weighted by Crippen LogP contribution is -2.30. The molecule has 1 fully saturated rings. The third kappa shape index (κ3) is 3.09. The van der Waals surface area contributed by atoms with Crippen molar-refractivity contribution >= 4 is 40.1 Å². The lowest BCUT2D eigenvalue weighted by atomic mass is 10.0. The van der Waals surface area contributed by atoms with Gasteiger partial charge in [0.05, 0.1) is 6.04 Å². The first-order chi connectivity index (χ1) is 10.2. The Hall–Kier alpha value is -1.07. The maximum Gasteiger partial charge on any atom is 0.254 e. The number of carbonyl (C=O) groups excluding carboxylic acids is 1. The molecule has 1 amide bonds. The second-order valence-corrected chi connectivity index (χ2v) is 6.84. The van der Waals surface area contributed by atoms with E-state index >= 15 is 0 Å². The van der Waals surface area contributed by atoms with Crippen LogP contribution in [0.5, 0.6) is 0 Å². The normalized spacial score (nSPS) is 18.0. The van der Waals surface area contributed by atoms with E-state index in [1.165, 1.54) is 0 Å². The second kappa shape index (κ2) is 6.36. The predicted octanol–water partition coefficient (Wildman–Crippen LogP) is 4.92. The summed E-state index contributed by atoms with van der Waals surface area (Å²) in [5.41, 5.74) is 1.80. The zero-order valence-corrected chi connectivity index (χ0v) is 14.3. The van der Waals surface area contributed by atoms with Gasteiger partial charge in [0.15, 0.2) is 0 Å². The number of benzene rings is 2. The van der Waals surface area contributed by atoms with Crippen LogP contribution in [-0.4, -0.2) is 17.4 Å². The summed E-state index contributed by atoms with van der Waals surface area (Å²) in [7, 11) is 0. The van der Waals surface area contributed by atoms with Crippen LogP contribution in [0.15, 0.2) is 48.5 Å². The summed E-state index contributed by atoms with van der Waals surface area (Å²) in [5.74, 6) is 0.0915. The molecule has 2 aromatic rings. The monoisotopic (exact) mass is 411 g/mol. The molecule has 108 valence electrons. The molecule has 1 saturated heterocycles. The minimum atomic E-state index is 0.0884. The third-order valence-corrected chi connectivity index (χ3v) is 4.93. The number of hydrogen-bond acceptors (Lipinski definition) is 1. The number of rotatable bonds is 2. The maximum absolute atomic E-state index is 12.7. The van der Waals surface area contributed by atoms with Crippen molar-refractivity contribution < 1.29 is 4.79 Å². The molecule has 0 aliphatic carbocycles. The van der Waals surface area contributed by atoms with Gasteiger partial charge in [0, 0.05) is 20.7 Å². The molecule has 1 aliphatic rings. The van der Waals surface area contributed by atoms with E-state index < -0.39 is 0 Å². The molecule has 1 heterocycles. The average molecular weight is 412 g/mol. The van der Waals surface area contributed by atoms with Crippen LogP contribution in [0.4, 0.5) is 0 Å². The number of halogens is 2. The lowest BCUT2D eigenvalue weighted by molar-refractivity contribution is 0.0735. The maximum atomic E-state index is 12.7. The molecular formula is C17H15ClINO. The van der Waals surface area contributed by atoms with Gasteiger partial charge in [0.2, 0.25) is 0 Å². The Kier molecular flexibility index (Phi) is 4.50. The lowest BCUT2D eigenvalue weighted by Gasteiger charge is -2.26. The number of likely N-dealkylation sites (tertiary alicyclic amines) is 1. The van der Waals surface area contributed by atoms with Crippen LogP contribution in [0.3, 0.4) is 0 Å². The van der Waals surface area contributed by atoms with Crippen molar-refractivity contribution in [3.63, 3.8) is 0 Å². The zero-order valence-electron chi connectivity index (χ0n) is 11.4. The molecule has 0 N–H and O–H groups in total. The van der Waals surface area contributed by atoms with Crippen LogP contribution in [-0.2, 0) is 0 Å². The minimum Gasteiger partial charge on any atom is -0.332 e. The van der Waals surface area contributed by atoms with Crippen LogP contribution in [0.1, 0.15) is 34.8 Å². The first-order valence-corrected chi connectivity index (χ1v) is 8.43. The molecule has 1 aliphatic heterocycles. The average Bonchev–Trinajstić information content (AvgIpc) is 2.97. The minimum absolute atomic E-state index is 0.0884. The number of nitrogens with zero attached hydrogens (tertiary/aromatic N) is 1. The summed E-state index contributed by atoms with van der Waals surface area (Å²) in [4.78, 5) is 14.7. The highest BCUT2D eigenvalue weighted by Crippen LogP contribution is 2.36. The van der Waals surface area contributed by atoms with Crippen LogP contribution in [0.2, 0.25) is 5.02 Å². The SMILES string of the molecule is O=C(c1ccc(I)cc1)N1CCCC1c1ccccc1Cl. The van der Waals surface area contributed by atoms with Crippen molar-refractivity contribution in [3.05, 3.63) is 68.3 Å². The Morgan fingerprint density at radius 3 is 2.57 bits per heavy atom. The highest BCUT2D eigenvalue weighted by atomic mass is 127. The molecule has 2 aromatic carbocycles. The van der Waals surface area contributed by atoms with E-state index in [4.69, 9.17) is 11.6 Å². The van der Waals surface area contributed by atoms with E-state index in [0.29, 0.717) is 0 Å². The van der Waals surface area contributed by atoms with Gasteiger partial charge >= 0.3 is 0 Å². The van der Waals surface area contributed by atoms with Gasteiger partial charge in [0.25, 0.3) is 5.91 Å². The standard InChI is InChI=1S/C17H15ClINO/c18-15-5-2-1-4-14(15)16-6-3-11-20(16)17(21)12-7-9-13(19)10-8-12/h1-2,4-5,7-10,16H,3,6,11H2. The molecule has 0 aromatic heterocycles. The van der Waals surface area contributed by atoms with Crippen LogP contribution < -0.4 is 0 Å². The Bertz CT molecular complexity index is 656. The first-order valence-electron chi connectivity index (χ1n) is 6.98. The van der Waals surface area contributed by atoms with Gasteiger partial charge in [-0.25, -0.2) is 0 Å². The summed E-state index contributed by atoms with van der Waals surface area (Å²) in [6.45, 7) is 0.792. The van der Waals surface area contributed by atoms with E-state index in [0.717, 1.165) is 39.1 Å². The summed E-state index contributed by atoms with van der Waals surface area (Å²) in [5, 5.41) is 0.741. The number of carbonyl (C=O) groups is 1. The van der Waals surface area contributed by atoms with Gasteiger partial charge in [-0.05, 0) is 71.3 Å². The fraction of sp³-hybridized carbons (Fsp3) is 0.235. The predicted molar refractivity (Wildman–Crippen MR) is 93.6 cm³/mol. The van der Waals surface area contributed by atoms with E-state index in [-0.39, 0.29) is 11.9 Å². The molecule has 0 saturated carbocycles. The van der Waals surface area contributed by atoms with E-state index in [9.17, 15) is 4.79 Å². The Morgan fingerprint density at radius 2 is 1.86 bits per heavy atom. The molecule has 21 heavy (non-hydrogen) atoms. The highest BCUT2D eigenvalue weighted by Gasteiger charge is 2.31. The van der Waals surface area contributed by atoms with Crippen molar-refractivity contribution in [2.24, 2.45) is 0 Å². The largest absolute Gasteiger partial charge is 0.332 e. The topological polar surface area (TPSA) is 20.3 Å². The molecular weight excluding hydrogens is 397 g/mol. The van der Waals surface area contributed by atoms with E-state index in [1.807, 2.05) is 53.4 Å². The van der Waals surface area contributed by atoms with Gasteiger partial charge in [-0.1, -0.05) is 29.8 Å². The third-order valence-electron chi connectivity index (χ3n) is 3.87. The Labute approximate surface area is 143 Å². The first kappa shape index (κ1) is 14.9. The molecule has 1 atom stereocenters. The van der Waals surface area contributed by atoms with Crippen LogP contribution in [0.25, 0.3) is 0 Å². The summed E-state index contributed by atoms with van der Waals surface area (Å²) >= 11 is 8.55. The fourth-order valence-electron chi connectivity index (χ4n) is 2.84. The smallest absolute Gasteiger partial charge is 0.254 e. The second-order valence-electron chi connectivity index (χ2n) is 5.18. The number of amides is 1. The van der Waals surface area contributed by atoms with Gasteiger partial charge < -0.3 is 4.90 Å². The van der Waals surface area contributed by atoms with Crippen molar-refractivity contribution in [2.75, 3.05) is 6.54 Å². The molecule has 3 rings (SSSR count). The quantitative estimate of drug-likeness (QED) is 0.642. The fourth-order valence-corrected chi connectivity index (χ4v) is 3.46. The highest BCUT2D eigenvalue weighted by molar-refractivity contribution is 14.1. The van der Waals surface area contributed by atoms with Gasteiger partial charge in [-0.15, -0.1) is 0 Å². The molecule has 0 radical (unpaired) electrons. The van der Waals surface area contributed by atoms with Crippen molar-refractivity contribution in [1.82, 2.24) is 4.90 Å². The van der Waals surface area contributed by atoms with Crippen LogP contribution >= 0.6 is 34.2 Å². The number of hydrogen-bond donors (Lipinski definition) is 0. The Morgan fingerprint density at radius 1 is 1.14 bits per heavy atom. The van der Waals surface area contributed by atoms with E-state index in [1.54, 1.807) is 0 Å². The van der Waals surface area contributed by atoms with Gasteiger partial charge in [-0.2, -0.15) is 0 Å².